The minimum Gasteiger partial charge on any atom is -0.465 e. The Balaban J connectivity index is 2.88. The van der Waals surface area contributed by atoms with Crippen LogP contribution >= 0.6 is 15.9 Å². The molecule has 1 heterocycles. The van der Waals surface area contributed by atoms with Crippen molar-refractivity contribution in [1.29, 1.82) is 5.26 Å². The number of ether oxygens (including phenoxy) is 2. The number of nitrogens with two attached hydrogens (primary N) is 1. The summed E-state index contributed by atoms with van der Waals surface area (Å²) in [5.41, 5.74) is 7.18. The lowest BCUT2D eigenvalue weighted by Gasteiger charge is -2.15. The molecule has 8 heteroatoms. The summed E-state index contributed by atoms with van der Waals surface area (Å²) in [7, 11) is 2.47. The summed E-state index contributed by atoms with van der Waals surface area (Å²) in [4.78, 5) is 24.3. The average molecular weight is 392 g/mol. The van der Waals surface area contributed by atoms with Crippen LogP contribution in [0, 0.1) is 18.3 Å². The van der Waals surface area contributed by atoms with E-state index in [0.717, 1.165) is 0 Å². The first-order valence-corrected chi connectivity index (χ1v) is 7.53. The molecule has 7 nitrogen and oxygen atoms in total. The first-order valence-electron chi connectivity index (χ1n) is 6.74. The van der Waals surface area contributed by atoms with Gasteiger partial charge in [0.2, 0.25) is 0 Å². The number of nitriles is 1. The fourth-order valence-electron chi connectivity index (χ4n) is 2.34. The molecule has 2 rings (SSSR count). The Hall–Kier alpha value is -2.79. The second-order valence-corrected chi connectivity index (χ2v) is 5.69. The molecule has 124 valence electrons. The number of carbonyl (C=O) groups excluding carboxylic acids is 2. The molecule has 0 aliphatic heterocycles. The highest BCUT2D eigenvalue weighted by atomic mass is 79.9. The van der Waals surface area contributed by atoms with Crippen LogP contribution in [0.1, 0.15) is 32.0 Å². The van der Waals surface area contributed by atoms with Gasteiger partial charge in [0, 0.05) is 10.7 Å². The van der Waals surface area contributed by atoms with E-state index in [1.54, 1.807) is 19.1 Å². The summed E-state index contributed by atoms with van der Waals surface area (Å²) in [5, 5.41) is 9.19. The molecule has 2 aromatic rings. The van der Waals surface area contributed by atoms with Gasteiger partial charge in [-0.2, -0.15) is 5.26 Å². The van der Waals surface area contributed by atoms with Crippen LogP contribution in [0.15, 0.2) is 22.8 Å². The SMILES string of the molecule is COC(=O)c1c(-n2cc(C#N)c(N)c2C(=O)OC)ccc(Br)c1C. The third kappa shape index (κ3) is 2.74. The van der Waals surface area contributed by atoms with E-state index in [-0.39, 0.29) is 22.5 Å². The molecule has 0 aliphatic rings. The smallest absolute Gasteiger partial charge is 0.357 e. The lowest BCUT2D eigenvalue weighted by Crippen LogP contribution is -2.15. The molecule has 24 heavy (non-hydrogen) atoms. The normalized spacial score (nSPS) is 10.1. The van der Waals surface area contributed by atoms with Crippen LogP contribution in [0.25, 0.3) is 5.69 Å². The maximum absolute atomic E-state index is 12.2. The minimum atomic E-state index is -0.717. The molecular formula is C16H14BrN3O4. The number of methoxy groups -OCH3 is 2. The quantitative estimate of drug-likeness (QED) is 0.805. The van der Waals surface area contributed by atoms with E-state index in [9.17, 15) is 14.9 Å². The van der Waals surface area contributed by atoms with E-state index in [2.05, 4.69) is 15.9 Å². The zero-order valence-corrected chi connectivity index (χ0v) is 14.8. The Morgan fingerprint density at radius 2 is 1.88 bits per heavy atom. The first-order chi connectivity index (χ1) is 11.4. The van der Waals surface area contributed by atoms with E-state index in [1.807, 2.05) is 6.07 Å². The van der Waals surface area contributed by atoms with E-state index in [0.29, 0.717) is 15.7 Å². The van der Waals surface area contributed by atoms with E-state index in [1.165, 1.54) is 25.0 Å². The third-order valence-corrected chi connectivity index (χ3v) is 4.43. The molecule has 0 unspecified atom stereocenters. The molecule has 0 saturated heterocycles. The first kappa shape index (κ1) is 17.6. The van der Waals surface area contributed by atoms with Crippen LogP contribution < -0.4 is 5.73 Å². The van der Waals surface area contributed by atoms with E-state index < -0.39 is 11.9 Å². The summed E-state index contributed by atoms with van der Waals surface area (Å²) < 4.78 is 11.6. The number of nitrogen functional groups attached to an aromatic ring is 1. The van der Waals surface area contributed by atoms with Gasteiger partial charge in [0.05, 0.1) is 36.7 Å². The molecule has 0 fully saturated rings. The fourth-order valence-corrected chi connectivity index (χ4v) is 2.67. The summed E-state index contributed by atoms with van der Waals surface area (Å²) >= 11 is 3.36. The predicted octanol–water partition coefficient (Wildman–Crippen LogP) is 2.58. The number of nitrogens with zero attached hydrogens (tertiary/aromatic N) is 2. The van der Waals surface area contributed by atoms with Crippen LogP contribution in [0.5, 0.6) is 0 Å². The number of hydrogen-bond acceptors (Lipinski definition) is 6. The number of hydrogen-bond donors (Lipinski definition) is 1. The number of anilines is 1. The summed E-state index contributed by atoms with van der Waals surface area (Å²) in [6, 6.07) is 5.26. The number of benzene rings is 1. The molecule has 0 bridgehead atoms. The zero-order chi connectivity index (χ0) is 18.0. The number of carbonyl (C=O) groups is 2. The van der Waals surface area contributed by atoms with Gasteiger partial charge in [-0.05, 0) is 24.6 Å². The van der Waals surface area contributed by atoms with Gasteiger partial charge in [0.25, 0.3) is 0 Å². The van der Waals surface area contributed by atoms with Crippen molar-refractivity contribution in [2.24, 2.45) is 0 Å². The maximum atomic E-state index is 12.2. The standard InChI is InChI=1S/C16H14BrN3O4/c1-8-10(17)4-5-11(12(8)15(21)23-2)20-7-9(6-18)13(19)14(20)16(22)24-3/h4-5,7H,19H2,1-3H3. The summed E-state index contributed by atoms with van der Waals surface area (Å²) in [6.45, 7) is 1.73. The van der Waals surface area contributed by atoms with E-state index in [4.69, 9.17) is 15.2 Å². The van der Waals surface area contributed by atoms with Crippen molar-refractivity contribution in [3.05, 3.63) is 45.2 Å². The molecule has 0 radical (unpaired) electrons. The Morgan fingerprint density at radius 3 is 2.42 bits per heavy atom. The monoisotopic (exact) mass is 391 g/mol. The van der Waals surface area contributed by atoms with Crippen molar-refractivity contribution in [3.8, 4) is 11.8 Å². The lowest BCUT2D eigenvalue weighted by molar-refractivity contribution is 0.0581. The van der Waals surface area contributed by atoms with Gasteiger partial charge in [0.15, 0.2) is 5.69 Å². The van der Waals surface area contributed by atoms with Gasteiger partial charge in [-0.15, -0.1) is 0 Å². The topological polar surface area (TPSA) is 107 Å². The second kappa shape index (κ2) is 6.76. The molecular weight excluding hydrogens is 378 g/mol. The van der Waals surface area contributed by atoms with Crippen LogP contribution in [0.4, 0.5) is 5.69 Å². The van der Waals surface area contributed by atoms with Crippen LogP contribution in [-0.2, 0) is 9.47 Å². The molecule has 0 saturated carbocycles. The van der Waals surface area contributed by atoms with Gasteiger partial charge >= 0.3 is 11.9 Å². The number of esters is 2. The van der Waals surface area contributed by atoms with Gasteiger partial charge in [-0.25, -0.2) is 9.59 Å². The predicted molar refractivity (Wildman–Crippen MR) is 90.0 cm³/mol. The summed E-state index contributed by atoms with van der Waals surface area (Å²) in [6.07, 6.45) is 1.39. The second-order valence-electron chi connectivity index (χ2n) is 4.84. The lowest BCUT2D eigenvalue weighted by atomic mass is 10.1. The number of rotatable bonds is 3. The van der Waals surface area contributed by atoms with Gasteiger partial charge < -0.3 is 19.8 Å². The Kier molecular flexibility index (Phi) is 4.95. The summed E-state index contributed by atoms with van der Waals surface area (Å²) in [5.74, 6) is -1.30. The van der Waals surface area contributed by atoms with Crippen LogP contribution in [0.2, 0.25) is 0 Å². The number of halogens is 1. The number of aromatic nitrogens is 1. The third-order valence-electron chi connectivity index (χ3n) is 3.57. The minimum absolute atomic E-state index is 0.0132. The van der Waals surface area contributed by atoms with Crippen LogP contribution in [0.3, 0.4) is 0 Å². The van der Waals surface area contributed by atoms with Gasteiger partial charge in [-0.1, -0.05) is 15.9 Å². The van der Waals surface area contributed by atoms with Crippen molar-refractivity contribution in [1.82, 2.24) is 4.57 Å². The van der Waals surface area contributed by atoms with Crippen molar-refractivity contribution in [3.63, 3.8) is 0 Å². The largest absolute Gasteiger partial charge is 0.465 e. The molecule has 0 spiro atoms. The van der Waals surface area contributed by atoms with Gasteiger partial charge in [-0.3, -0.25) is 0 Å². The Morgan fingerprint density at radius 1 is 1.25 bits per heavy atom. The highest BCUT2D eigenvalue weighted by Gasteiger charge is 2.26. The maximum Gasteiger partial charge on any atom is 0.357 e. The molecule has 0 atom stereocenters. The average Bonchev–Trinajstić information content (AvgIpc) is 2.92. The highest BCUT2D eigenvalue weighted by molar-refractivity contribution is 9.10. The molecule has 2 N–H and O–H groups in total. The van der Waals surface area contributed by atoms with Crippen molar-refractivity contribution in [2.45, 2.75) is 6.92 Å². The van der Waals surface area contributed by atoms with Crippen molar-refractivity contribution < 1.29 is 19.1 Å². The Labute approximate surface area is 146 Å². The van der Waals surface area contributed by atoms with Crippen LogP contribution in [-0.4, -0.2) is 30.7 Å². The zero-order valence-electron chi connectivity index (χ0n) is 13.2. The van der Waals surface area contributed by atoms with Gasteiger partial charge in [0.1, 0.15) is 6.07 Å². The van der Waals surface area contributed by atoms with E-state index >= 15 is 0 Å². The molecule has 0 amide bonds. The fraction of sp³-hybridized carbons (Fsp3) is 0.188. The molecule has 1 aromatic heterocycles. The van der Waals surface area contributed by atoms with Crippen molar-refractivity contribution in [2.75, 3.05) is 20.0 Å². The highest BCUT2D eigenvalue weighted by Crippen LogP contribution is 2.31. The molecule has 1 aromatic carbocycles. The Bertz CT molecular complexity index is 880. The molecule has 0 aliphatic carbocycles. The van der Waals surface area contributed by atoms with Crippen molar-refractivity contribution >= 4 is 33.6 Å².